The van der Waals surface area contributed by atoms with E-state index < -0.39 is 0 Å². The average molecular weight is 249 g/mol. The molecule has 2 aliphatic heterocycles. The van der Waals surface area contributed by atoms with Crippen molar-refractivity contribution < 1.29 is 4.74 Å². The normalized spacial score (nSPS) is 31.3. The molecule has 2 heterocycles. The third-order valence-corrected chi connectivity index (χ3v) is 3.69. The molecule has 0 aliphatic carbocycles. The van der Waals surface area contributed by atoms with Crippen LogP contribution in [0.2, 0.25) is 0 Å². The summed E-state index contributed by atoms with van der Waals surface area (Å²) in [4.78, 5) is 2.63. The minimum atomic E-state index is 0. The number of hydrogen-bond acceptors (Lipinski definition) is 3. The van der Waals surface area contributed by atoms with Gasteiger partial charge in [-0.1, -0.05) is 0 Å². The highest BCUT2D eigenvalue weighted by atomic mass is 35.5. The zero-order valence-corrected chi connectivity index (χ0v) is 11.1. The summed E-state index contributed by atoms with van der Waals surface area (Å²) >= 11 is 0. The Morgan fingerprint density at radius 2 is 2.19 bits per heavy atom. The van der Waals surface area contributed by atoms with Crippen LogP contribution in [0.1, 0.15) is 19.3 Å². The second-order valence-corrected chi connectivity index (χ2v) is 5.08. The number of rotatable bonds is 4. The Hall–Kier alpha value is 0.170. The van der Waals surface area contributed by atoms with E-state index in [1.54, 1.807) is 0 Å². The molecule has 2 fully saturated rings. The van der Waals surface area contributed by atoms with Gasteiger partial charge in [-0.05, 0) is 50.7 Å². The summed E-state index contributed by atoms with van der Waals surface area (Å²) in [6.07, 6.45) is 4.10. The first-order chi connectivity index (χ1) is 7.38. The van der Waals surface area contributed by atoms with Gasteiger partial charge in [-0.25, -0.2) is 0 Å². The van der Waals surface area contributed by atoms with Crippen LogP contribution < -0.4 is 5.32 Å². The fourth-order valence-electron chi connectivity index (χ4n) is 2.90. The average Bonchev–Trinajstić information content (AvgIpc) is 2.68. The van der Waals surface area contributed by atoms with Gasteiger partial charge in [0.05, 0.1) is 6.61 Å². The van der Waals surface area contributed by atoms with Gasteiger partial charge in [0, 0.05) is 20.2 Å². The number of likely N-dealkylation sites (tertiary alicyclic amines) is 1. The van der Waals surface area contributed by atoms with Crippen LogP contribution in [0.4, 0.5) is 0 Å². The quantitative estimate of drug-likeness (QED) is 0.814. The fourth-order valence-corrected chi connectivity index (χ4v) is 2.90. The number of hydrogen-bond donors (Lipinski definition) is 1. The summed E-state index contributed by atoms with van der Waals surface area (Å²) in [5.41, 5.74) is 0. The Morgan fingerprint density at radius 3 is 2.88 bits per heavy atom. The molecule has 1 N–H and O–H groups in total. The summed E-state index contributed by atoms with van der Waals surface area (Å²) < 4.78 is 5.23. The molecule has 0 aromatic rings. The minimum Gasteiger partial charge on any atom is -0.384 e. The summed E-state index contributed by atoms with van der Waals surface area (Å²) in [6.45, 7) is 7.23. The summed E-state index contributed by atoms with van der Waals surface area (Å²) in [6, 6.07) is 0. The van der Waals surface area contributed by atoms with Crippen LogP contribution in [0.5, 0.6) is 0 Å². The van der Waals surface area contributed by atoms with Crippen molar-refractivity contribution in [3.63, 3.8) is 0 Å². The van der Waals surface area contributed by atoms with Gasteiger partial charge in [0.25, 0.3) is 0 Å². The Kier molecular flexibility index (Phi) is 6.66. The predicted molar refractivity (Wildman–Crippen MR) is 69.3 cm³/mol. The van der Waals surface area contributed by atoms with Gasteiger partial charge in [0.15, 0.2) is 0 Å². The van der Waals surface area contributed by atoms with Gasteiger partial charge in [-0.3, -0.25) is 0 Å². The van der Waals surface area contributed by atoms with Crippen LogP contribution in [-0.2, 0) is 4.74 Å². The van der Waals surface area contributed by atoms with Crippen LogP contribution in [0, 0.1) is 11.8 Å². The second-order valence-electron chi connectivity index (χ2n) is 5.08. The maximum Gasteiger partial charge on any atom is 0.0503 e. The standard InChI is InChI=1S/C12H24N2O.ClH/c1-15-10-12-4-6-14(9-12)8-11-3-2-5-13-7-11;/h11-13H,2-10H2,1H3;1H. The topological polar surface area (TPSA) is 24.5 Å². The Balaban J connectivity index is 0.00000128. The summed E-state index contributed by atoms with van der Waals surface area (Å²) in [7, 11) is 1.81. The van der Waals surface area contributed by atoms with E-state index in [-0.39, 0.29) is 12.4 Å². The molecular formula is C12H25ClN2O. The lowest BCUT2D eigenvalue weighted by Crippen LogP contribution is -2.37. The van der Waals surface area contributed by atoms with Gasteiger partial charge in [-0.2, -0.15) is 0 Å². The number of ether oxygens (including phenoxy) is 1. The third-order valence-electron chi connectivity index (χ3n) is 3.69. The molecule has 2 saturated heterocycles. The molecule has 2 atom stereocenters. The van der Waals surface area contributed by atoms with E-state index in [2.05, 4.69) is 10.2 Å². The van der Waals surface area contributed by atoms with Crippen molar-refractivity contribution >= 4 is 12.4 Å². The molecule has 3 nitrogen and oxygen atoms in total. The van der Waals surface area contributed by atoms with Crippen molar-refractivity contribution in [1.82, 2.24) is 10.2 Å². The smallest absolute Gasteiger partial charge is 0.0503 e. The molecule has 2 rings (SSSR count). The fraction of sp³-hybridized carbons (Fsp3) is 1.00. The summed E-state index contributed by atoms with van der Waals surface area (Å²) in [5, 5.41) is 3.49. The zero-order chi connectivity index (χ0) is 10.5. The number of nitrogens with zero attached hydrogens (tertiary/aromatic N) is 1. The van der Waals surface area contributed by atoms with Gasteiger partial charge >= 0.3 is 0 Å². The molecular weight excluding hydrogens is 224 g/mol. The largest absolute Gasteiger partial charge is 0.384 e. The lowest BCUT2D eigenvalue weighted by molar-refractivity contribution is 0.150. The lowest BCUT2D eigenvalue weighted by Gasteiger charge is -2.27. The molecule has 0 saturated carbocycles. The minimum absolute atomic E-state index is 0. The van der Waals surface area contributed by atoms with E-state index in [9.17, 15) is 0 Å². The van der Waals surface area contributed by atoms with Gasteiger partial charge in [-0.15, -0.1) is 12.4 Å². The van der Waals surface area contributed by atoms with Crippen molar-refractivity contribution in [3.05, 3.63) is 0 Å². The van der Waals surface area contributed by atoms with Crippen LogP contribution in [0.3, 0.4) is 0 Å². The van der Waals surface area contributed by atoms with Crippen molar-refractivity contribution in [2.75, 3.05) is 46.4 Å². The summed E-state index contributed by atoms with van der Waals surface area (Å²) in [5.74, 6) is 1.67. The van der Waals surface area contributed by atoms with E-state index in [1.165, 1.54) is 52.0 Å². The van der Waals surface area contributed by atoms with E-state index in [4.69, 9.17) is 4.74 Å². The highest BCUT2D eigenvalue weighted by molar-refractivity contribution is 5.85. The molecule has 0 bridgehead atoms. The lowest BCUT2D eigenvalue weighted by atomic mass is 9.99. The van der Waals surface area contributed by atoms with Gasteiger partial charge < -0.3 is 15.0 Å². The molecule has 0 spiro atoms. The third kappa shape index (κ3) is 4.21. The molecule has 0 aromatic carbocycles. The van der Waals surface area contributed by atoms with Gasteiger partial charge in [0.2, 0.25) is 0 Å². The van der Waals surface area contributed by atoms with Crippen LogP contribution in [-0.4, -0.2) is 51.3 Å². The number of halogens is 1. The van der Waals surface area contributed by atoms with E-state index >= 15 is 0 Å². The van der Waals surface area contributed by atoms with Gasteiger partial charge in [0.1, 0.15) is 0 Å². The van der Waals surface area contributed by atoms with E-state index in [0.717, 1.165) is 18.4 Å². The highest BCUT2D eigenvalue weighted by Crippen LogP contribution is 2.19. The predicted octanol–water partition coefficient (Wildman–Crippen LogP) is 1.38. The Morgan fingerprint density at radius 1 is 1.31 bits per heavy atom. The number of piperidine rings is 1. The monoisotopic (exact) mass is 248 g/mol. The van der Waals surface area contributed by atoms with Crippen molar-refractivity contribution in [2.24, 2.45) is 11.8 Å². The Bertz CT molecular complexity index is 186. The van der Waals surface area contributed by atoms with Crippen molar-refractivity contribution in [2.45, 2.75) is 19.3 Å². The first kappa shape index (κ1) is 14.2. The number of nitrogens with one attached hydrogen (secondary N) is 1. The molecule has 96 valence electrons. The highest BCUT2D eigenvalue weighted by Gasteiger charge is 2.25. The molecule has 16 heavy (non-hydrogen) atoms. The number of methoxy groups -OCH3 is 1. The molecule has 2 aliphatic rings. The molecule has 0 radical (unpaired) electrons. The van der Waals surface area contributed by atoms with E-state index in [1.807, 2.05) is 7.11 Å². The maximum absolute atomic E-state index is 5.23. The second kappa shape index (κ2) is 7.49. The van der Waals surface area contributed by atoms with Crippen LogP contribution >= 0.6 is 12.4 Å². The molecule has 2 unspecified atom stereocenters. The first-order valence-corrected chi connectivity index (χ1v) is 6.30. The SMILES string of the molecule is COCC1CCN(CC2CCCNC2)C1.Cl. The molecule has 0 amide bonds. The van der Waals surface area contributed by atoms with Crippen LogP contribution in [0.25, 0.3) is 0 Å². The van der Waals surface area contributed by atoms with E-state index in [0.29, 0.717) is 0 Å². The molecule has 4 heteroatoms. The maximum atomic E-state index is 5.23. The Labute approximate surface area is 105 Å². The first-order valence-electron chi connectivity index (χ1n) is 6.30. The van der Waals surface area contributed by atoms with Crippen molar-refractivity contribution in [3.8, 4) is 0 Å². The molecule has 0 aromatic heterocycles. The zero-order valence-electron chi connectivity index (χ0n) is 10.3. The van der Waals surface area contributed by atoms with Crippen molar-refractivity contribution in [1.29, 1.82) is 0 Å². The van der Waals surface area contributed by atoms with Crippen LogP contribution in [0.15, 0.2) is 0 Å².